The lowest BCUT2D eigenvalue weighted by Gasteiger charge is -2.08. The Bertz CT molecular complexity index is 803. The number of anilines is 1. The monoisotopic (exact) mass is 275 g/mol. The number of benzene rings is 1. The molecule has 0 aliphatic carbocycles. The topological polar surface area (TPSA) is 103 Å². The predicted octanol–water partition coefficient (Wildman–Crippen LogP) is 1.05. The van der Waals surface area contributed by atoms with Crippen LogP contribution in [0.15, 0.2) is 52.4 Å². The molecule has 7 heteroatoms. The second-order valence-electron chi connectivity index (χ2n) is 3.64. The number of sulfonamides is 1. The van der Waals surface area contributed by atoms with Crippen LogP contribution in [0.2, 0.25) is 0 Å². The molecule has 1 aromatic carbocycles. The van der Waals surface area contributed by atoms with Gasteiger partial charge in [0.15, 0.2) is 4.90 Å². The van der Waals surface area contributed by atoms with E-state index < -0.39 is 20.3 Å². The molecule has 96 valence electrons. The fourth-order valence-corrected chi connectivity index (χ4v) is 2.61. The van der Waals surface area contributed by atoms with Crippen LogP contribution in [0, 0.1) is 11.3 Å². The lowest BCUT2D eigenvalue weighted by atomic mass is 10.2. The van der Waals surface area contributed by atoms with Crippen LogP contribution in [0.3, 0.4) is 0 Å². The molecule has 6 nitrogen and oxygen atoms in total. The van der Waals surface area contributed by atoms with Gasteiger partial charge in [0.2, 0.25) is 5.43 Å². The molecule has 0 fully saturated rings. The fraction of sp³-hybridized carbons (Fsp3) is 0. The van der Waals surface area contributed by atoms with E-state index in [9.17, 15) is 13.2 Å². The Hall–Kier alpha value is -2.59. The van der Waals surface area contributed by atoms with Gasteiger partial charge in [-0.15, -0.1) is 0 Å². The van der Waals surface area contributed by atoms with Crippen LogP contribution in [0.1, 0.15) is 5.56 Å². The Kier molecular flexibility index (Phi) is 3.35. The first-order chi connectivity index (χ1) is 9.04. The minimum absolute atomic E-state index is 0.133. The predicted molar refractivity (Wildman–Crippen MR) is 69.0 cm³/mol. The number of para-hydroxylation sites is 1. The zero-order valence-electron chi connectivity index (χ0n) is 9.62. The van der Waals surface area contributed by atoms with Gasteiger partial charge in [-0.05, 0) is 12.1 Å². The first-order valence-electron chi connectivity index (χ1n) is 5.23. The van der Waals surface area contributed by atoms with Gasteiger partial charge in [-0.25, -0.2) is 8.42 Å². The molecule has 0 spiro atoms. The third-order valence-electron chi connectivity index (χ3n) is 2.37. The van der Waals surface area contributed by atoms with Gasteiger partial charge < -0.3 is 4.98 Å². The summed E-state index contributed by atoms with van der Waals surface area (Å²) in [6.45, 7) is 0. The molecule has 0 amide bonds. The summed E-state index contributed by atoms with van der Waals surface area (Å²) >= 11 is 0. The second-order valence-corrected chi connectivity index (χ2v) is 5.29. The van der Waals surface area contributed by atoms with Crippen molar-refractivity contribution in [3.8, 4) is 6.07 Å². The van der Waals surface area contributed by atoms with Crippen molar-refractivity contribution in [1.82, 2.24) is 4.98 Å². The molecule has 0 aliphatic heterocycles. The lowest BCUT2D eigenvalue weighted by molar-refractivity contribution is 0.600. The van der Waals surface area contributed by atoms with Crippen molar-refractivity contribution < 1.29 is 8.42 Å². The first kappa shape index (κ1) is 12.9. The van der Waals surface area contributed by atoms with Gasteiger partial charge in [-0.1, -0.05) is 12.1 Å². The number of aromatic amines is 1. The van der Waals surface area contributed by atoms with Crippen LogP contribution >= 0.6 is 0 Å². The first-order valence-corrected chi connectivity index (χ1v) is 6.72. The Morgan fingerprint density at radius 1 is 1.21 bits per heavy atom. The summed E-state index contributed by atoms with van der Waals surface area (Å²) in [4.78, 5) is 13.6. The minimum atomic E-state index is -4.02. The van der Waals surface area contributed by atoms with Crippen molar-refractivity contribution in [1.29, 1.82) is 5.26 Å². The smallest absolute Gasteiger partial charge is 0.267 e. The normalized spacial score (nSPS) is 10.7. The number of hydrogen-bond donors (Lipinski definition) is 2. The number of nitrogens with zero attached hydrogens (tertiary/aromatic N) is 1. The molecule has 19 heavy (non-hydrogen) atoms. The van der Waals surface area contributed by atoms with Crippen molar-refractivity contribution in [3.05, 3.63) is 58.5 Å². The number of H-pyrrole nitrogens is 1. The summed E-state index contributed by atoms with van der Waals surface area (Å²) in [7, 11) is -4.02. The number of nitriles is 1. The van der Waals surface area contributed by atoms with Crippen molar-refractivity contribution in [2.45, 2.75) is 4.90 Å². The minimum Gasteiger partial charge on any atom is -0.366 e. The molecule has 0 radical (unpaired) electrons. The Morgan fingerprint density at radius 2 is 1.95 bits per heavy atom. The van der Waals surface area contributed by atoms with Crippen molar-refractivity contribution in [2.24, 2.45) is 0 Å². The molecule has 1 aromatic heterocycles. The van der Waals surface area contributed by atoms with Gasteiger partial charge in [0.05, 0.1) is 11.3 Å². The van der Waals surface area contributed by atoms with Crippen LogP contribution < -0.4 is 10.2 Å². The largest absolute Gasteiger partial charge is 0.366 e. The maximum Gasteiger partial charge on any atom is 0.267 e. The van der Waals surface area contributed by atoms with E-state index in [-0.39, 0.29) is 11.3 Å². The highest BCUT2D eigenvalue weighted by Crippen LogP contribution is 2.17. The lowest BCUT2D eigenvalue weighted by Crippen LogP contribution is -2.21. The summed E-state index contributed by atoms with van der Waals surface area (Å²) in [5.41, 5.74) is -0.313. The van der Waals surface area contributed by atoms with Gasteiger partial charge in [-0.3, -0.25) is 9.52 Å². The van der Waals surface area contributed by atoms with Crippen LogP contribution in [0.5, 0.6) is 0 Å². The Labute approximate surface area is 109 Å². The maximum absolute atomic E-state index is 12.1. The third-order valence-corrected chi connectivity index (χ3v) is 3.76. The molecule has 2 N–H and O–H groups in total. The van der Waals surface area contributed by atoms with E-state index in [1.165, 1.54) is 18.3 Å². The molecule has 0 saturated carbocycles. The molecule has 0 atom stereocenters. The summed E-state index contributed by atoms with van der Waals surface area (Å²) in [5, 5.41) is 8.89. The number of pyridine rings is 1. The summed E-state index contributed by atoms with van der Waals surface area (Å²) < 4.78 is 26.3. The second kappa shape index (κ2) is 4.96. The molecule has 0 aliphatic rings. The SMILES string of the molecule is N#Cc1ccccc1NS(=O)(=O)c1c[nH]ccc1=O. The van der Waals surface area contributed by atoms with Gasteiger partial charge >= 0.3 is 0 Å². The zero-order chi connectivity index (χ0) is 13.9. The highest BCUT2D eigenvalue weighted by Gasteiger charge is 2.18. The summed E-state index contributed by atoms with van der Waals surface area (Å²) in [6.07, 6.45) is 2.43. The summed E-state index contributed by atoms with van der Waals surface area (Å²) in [6, 6.07) is 9.13. The summed E-state index contributed by atoms with van der Waals surface area (Å²) in [5.74, 6) is 0. The van der Waals surface area contributed by atoms with E-state index in [4.69, 9.17) is 5.26 Å². The van der Waals surface area contributed by atoms with E-state index in [2.05, 4.69) is 9.71 Å². The van der Waals surface area contributed by atoms with E-state index in [1.807, 2.05) is 6.07 Å². The highest BCUT2D eigenvalue weighted by atomic mass is 32.2. The van der Waals surface area contributed by atoms with Crippen LogP contribution in [-0.4, -0.2) is 13.4 Å². The van der Waals surface area contributed by atoms with Crippen LogP contribution in [-0.2, 0) is 10.0 Å². The zero-order valence-corrected chi connectivity index (χ0v) is 10.4. The van der Waals surface area contributed by atoms with Crippen molar-refractivity contribution in [3.63, 3.8) is 0 Å². The number of rotatable bonds is 3. The molecule has 0 unspecified atom stereocenters. The Morgan fingerprint density at radius 3 is 2.63 bits per heavy atom. The van der Waals surface area contributed by atoms with E-state index in [1.54, 1.807) is 12.1 Å². The number of aromatic nitrogens is 1. The molecular weight excluding hydrogens is 266 g/mol. The van der Waals surface area contributed by atoms with Crippen LogP contribution in [0.4, 0.5) is 5.69 Å². The molecule has 1 heterocycles. The van der Waals surface area contributed by atoms with E-state index in [0.29, 0.717) is 0 Å². The number of hydrogen-bond acceptors (Lipinski definition) is 4. The quantitative estimate of drug-likeness (QED) is 0.873. The van der Waals surface area contributed by atoms with Crippen molar-refractivity contribution in [2.75, 3.05) is 4.72 Å². The molecule has 2 rings (SSSR count). The average Bonchev–Trinajstić information content (AvgIpc) is 2.39. The average molecular weight is 275 g/mol. The highest BCUT2D eigenvalue weighted by molar-refractivity contribution is 7.92. The standard InChI is InChI=1S/C12H9N3O3S/c13-7-9-3-1-2-4-10(9)15-19(17,18)12-8-14-6-5-11(12)16/h1-6,8,15H,(H,14,16). The molecule has 0 saturated heterocycles. The molecule has 0 bridgehead atoms. The van der Waals surface area contributed by atoms with Gasteiger partial charge in [0, 0.05) is 18.5 Å². The van der Waals surface area contributed by atoms with Gasteiger partial charge in [-0.2, -0.15) is 5.26 Å². The fourth-order valence-electron chi connectivity index (χ4n) is 1.48. The third kappa shape index (κ3) is 2.64. The van der Waals surface area contributed by atoms with Crippen LogP contribution in [0.25, 0.3) is 0 Å². The molecule has 2 aromatic rings. The van der Waals surface area contributed by atoms with Crippen molar-refractivity contribution >= 4 is 15.7 Å². The Balaban J connectivity index is 2.47. The van der Waals surface area contributed by atoms with E-state index >= 15 is 0 Å². The number of nitrogens with one attached hydrogen (secondary N) is 2. The van der Waals surface area contributed by atoms with Gasteiger partial charge in [0.1, 0.15) is 6.07 Å². The van der Waals surface area contributed by atoms with Gasteiger partial charge in [0.25, 0.3) is 10.0 Å². The van der Waals surface area contributed by atoms with E-state index in [0.717, 1.165) is 12.3 Å². The maximum atomic E-state index is 12.1. The molecular formula is C12H9N3O3S.